The van der Waals surface area contributed by atoms with Gasteiger partial charge in [0.25, 0.3) is 11.8 Å². The van der Waals surface area contributed by atoms with Crippen LogP contribution in [-0.2, 0) is 0 Å². The molecule has 3 aromatic carbocycles. The summed E-state index contributed by atoms with van der Waals surface area (Å²) in [6.45, 7) is 17.2. The third kappa shape index (κ3) is 9.99. The number of aryl methyl sites for hydroxylation is 2. The molecule has 0 spiro atoms. The Morgan fingerprint density at radius 2 is 1.57 bits per heavy atom. The predicted octanol–water partition coefficient (Wildman–Crippen LogP) is 6.92. The number of hydrogen-bond acceptors (Lipinski definition) is 10. The number of hydrogen-bond donors (Lipinski definition) is 2. The zero-order chi connectivity index (χ0) is 37.9. The van der Waals surface area contributed by atoms with Crippen LogP contribution in [0.5, 0.6) is 23.1 Å². The molecule has 0 aliphatic carbocycles. The van der Waals surface area contributed by atoms with Gasteiger partial charge in [0.1, 0.15) is 12.2 Å². The second-order valence-corrected chi connectivity index (χ2v) is 12.9. The normalized spacial score (nSPS) is 13.3. The maximum absolute atomic E-state index is 15.2. The minimum atomic E-state index is -0.534. The summed E-state index contributed by atoms with van der Waals surface area (Å²) in [5.74, 6) is -0.544. The van der Waals surface area contributed by atoms with Crippen LogP contribution >= 0.6 is 0 Å². The minimum absolute atomic E-state index is 0.0465. The maximum Gasteiger partial charge on any atom is 0.262 e. The molecular weight excluding hydrogens is 677 g/mol. The quantitative estimate of drug-likeness (QED) is 0.126. The fourth-order valence-corrected chi connectivity index (χ4v) is 6.20. The van der Waals surface area contributed by atoms with Crippen molar-refractivity contribution >= 4 is 29.1 Å². The Bertz CT molecular complexity index is 1860. The van der Waals surface area contributed by atoms with Crippen molar-refractivity contribution in [3.05, 3.63) is 88.9 Å². The number of amides is 2. The molecule has 12 nitrogen and oxygen atoms in total. The Morgan fingerprint density at radius 1 is 0.887 bits per heavy atom. The molecule has 1 aromatic heterocycles. The van der Waals surface area contributed by atoms with Crippen LogP contribution in [0.2, 0.25) is 0 Å². The Labute approximate surface area is 311 Å². The van der Waals surface area contributed by atoms with Gasteiger partial charge in [-0.25, -0.2) is 9.37 Å². The summed E-state index contributed by atoms with van der Waals surface area (Å²) in [6.07, 6.45) is 2.49. The number of halogens is 1. The zero-order valence-electron chi connectivity index (χ0n) is 31.5. The summed E-state index contributed by atoms with van der Waals surface area (Å²) in [7, 11) is 1.46. The van der Waals surface area contributed by atoms with E-state index in [-0.39, 0.29) is 40.5 Å². The van der Waals surface area contributed by atoms with Gasteiger partial charge in [-0.2, -0.15) is 4.98 Å². The molecule has 13 heteroatoms. The number of methoxy groups -OCH3 is 1. The number of benzene rings is 3. The van der Waals surface area contributed by atoms with E-state index in [0.29, 0.717) is 36.6 Å². The SMILES string of the molecule is CCCN1CCN(CCOc2ccc(Nc3ncc(C(=O)Nc4c(C)cccc4C)c(Oc4ccc(C(=O)N(CC)CC)cc4OC)n3)cc2F)CC1. The number of rotatable bonds is 16. The maximum atomic E-state index is 15.2. The average molecular weight is 728 g/mol. The van der Waals surface area contributed by atoms with Crippen LogP contribution in [0.25, 0.3) is 0 Å². The van der Waals surface area contributed by atoms with Gasteiger partial charge in [0.2, 0.25) is 11.8 Å². The number of aromatic nitrogens is 2. The third-order valence-corrected chi connectivity index (χ3v) is 9.24. The fourth-order valence-electron chi connectivity index (χ4n) is 6.20. The first-order valence-electron chi connectivity index (χ1n) is 18.2. The van der Waals surface area contributed by atoms with Crippen molar-refractivity contribution in [2.75, 3.05) is 76.7 Å². The molecule has 2 heterocycles. The Hall–Kier alpha value is -5.27. The van der Waals surface area contributed by atoms with Gasteiger partial charge in [0, 0.05) is 75.0 Å². The second-order valence-electron chi connectivity index (χ2n) is 12.9. The van der Waals surface area contributed by atoms with Crippen LogP contribution in [0, 0.1) is 19.7 Å². The third-order valence-electron chi connectivity index (χ3n) is 9.24. The summed E-state index contributed by atoms with van der Waals surface area (Å²) in [4.78, 5) is 42.1. The number of carbonyl (C=O) groups is 2. The molecule has 2 N–H and O–H groups in total. The fraction of sp³-hybridized carbons (Fsp3) is 0.400. The van der Waals surface area contributed by atoms with E-state index in [4.69, 9.17) is 14.2 Å². The summed E-state index contributed by atoms with van der Waals surface area (Å²) in [5, 5.41) is 5.97. The zero-order valence-corrected chi connectivity index (χ0v) is 31.5. The molecule has 5 rings (SSSR count). The van der Waals surface area contributed by atoms with E-state index >= 15 is 4.39 Å². The highest BCUT2D eigenvalue weighted by molar-refractivity contribution is 6.06. The molecular formula is C40H50FN7O5. The highest BCUT2D eigenvalue weighted by atomic mass is 19.1. The summed E-state index contributed by atoms with van der Waals surface area (Å²) < 4.78 is 32.8. The van der Waals surface area contributed by atoms with Gasteiger partial charge in [-0.05, 0) is 82.1 Å². The van der Waals surface area contributed by atoms with Crippen LogP contribution in [0.4, 0.5) is 21.7 Å². The van der Waals surface area contributed by atoms with Crippen LogP contribution in [0.3, 0.4) is 0 Å². The van der Waals surface area contributed by atoms with Crippen molar-refractivity contribution in [1.82, 2.24) is 24.7 Å². The number of nitrogens with zero attached hydrogens (tertiary/aromatic N) is 5. The van der Waals surface area contributed by atoms with Gasteiger partial charge >= 0.3 is 0 Å². The monoisotopic (exact) mass is 727 g/mol. The van der Waals surface area contributed by atoms with Crippen molar-refractivity contribution in [1.29, 1.82) is 0 Å². The van der Waals surface area contributed by atoms with Crippen molar-refractivity contribution < 1.29 is 28.2 Å². The molecule has 1 fully saturated rings. The molecule has 0 unspecified atom stereocenters. The lowest BCUT2D eigenvalue weighted by Crippen LogP contribution is -2.47. The lowest BCUT2D eigenvalue weighted by Gasteiger charge is -2.34. The largest absolute Gasteiger partial charge is 0.493 e. The Kier molecular flexibility index (Phi) is 13.6. The molecule has 0 radical (unpaired) electrons. The lowest BCUT2D eigenvalue weighted by atomic mass is 10.1. The molecule has 1 aliphatic heterocycles. The first kappa shape index (κ1) is 38.9. The topological polar surface area (TPSA) is 121 Å². The average Bonchev–Trinajstić information content (AvgIpc) is 3.15. The minimum Gasteiger partial charge on any atom is -0.493 e. The van der Waals surface area contributed by atoms with E-state index < -0.39 is 11.7 Å². The molecule has 1 saturated heterocycles. The first-order valence-corrected chi connectivity index (χ1v) is 18.2. The number of anilines is 3. The summed E-state index contributed by atoms with van der Waals surface area (Å²) in [6, 6.07) is 15.1. The number of piperazine rings is 1. The molecule has 1 aliphatic rings. The van der Waals surface area contributed by atoms with E-state index in [0.717, 1.165) is 56.8 Å². The van der Waals surface area contributed by atoms with Gasteiger partial charge in [-0.3, -0.25) is 14.5 Å². The summed E-state index contributed by atoms with van der Waals surface area (Å²) in [5.41, 5.74) is 3.28. The van der Waals surface area contributed by atoms with E-state index in [9.17, 15) is 9.59 Å². The first-order chi connectivity index (χ1) is 25.6. The van der Waals surface area contributed by atoms with Crippen molar-refractivity contribution in [2.24, 2.45) is 0 Å². The molecule has 0 saturated carbocycles. The molecule has 0 atom stereocenters. The number of nitrogens with one attached hydrogen (secondary N) is 2. The molecule has 282 valence electrons. The van der Waals surface area contributed by atoms with Crippen molar-refractivity contribution in [3.63, 3.8) is 0 Å². The van der Waals surface area contributed by atoms with Gasteiger partial charge in [-0.1, -0.05) is 25.1 Å². The Balaban J connectivity index is 1.35. The van der Waals surface area contributed by atoms with Gasteiger partial charge in [0.15, 0.2) is 23.1 Å². The lowest BCUT2D eigenvalue weighted by molar-refractivity contribution is 0.0772. The van der Waals surface area contributed by atoms with E-state index in [1.807, 2.05) is 45.9 Å². The van der Waals surface area contributed by atoms with Crippen molar-refractivity contribution in [2.45, 2.75) is 41.0 Å². The van der Waals surface area contributed by atoms with Gasteiger partial charge in [0.05, 0.1) is 7.11 Å². The van der Waals surface area contributed by atoms with Crippen LogP contribution in [0.1, 0.15) is 59.0 Å². The number of para-hydroxylation sites is 1. The second kappa shape index (κ2) is 18.5. The van der Waals surface area contributed by atoms with E-state index in [2.05, 4.69) is 37.3 Å². The van der Waals surface area contributed by atoms with Crippen LogP contribution < -0.4 is 24.8 Å². The summed E-state index contributed by atoms with van der Waals surface area (Å²) >= 11 is 0. The molecule has 0 bridgehead atoms. The highest BCUT2D eigenvalue weighted by Crippen LogP contribution is 2.35. The van der Waals surface area contributed by atoms with Crippen LogP contribution in [0.15, 0.2) is 60.8 Å². The highest BCUT2D eigenvalue weighted by Gasteiger charge is 2.22. The standard InChI is InChI=1S/C40H50FN7O5/c1-7-17-46-18-20-47(21-19-46)22-23-52-33-16-14-30(25-32(33)41)43-40-42-26-31(37(49)44-36-27(4)11-10-12-28(36)5)38(45-40)53-34-15-13-29(24-35(34)51-6)39(50)48(8-2)9-3/h10-16,24-26H,7-9,17-23H2,1-6H3,(H,44,49)(H,42,43,45). The van der Waals surface area contributed by atoms with Crippen molar-refractivity contribution in [3.8, 4) is 23.1 Å². The molecule has 53 heavy (non-hydrogen) atoms. The number of carbonyl (C=O) groups excluding carboxylic acids is 2. The molecule has 2 amide bonds. The van der Waals surface area contributed by atoms with E-state index in [1.54, 1.807) is 35.2 Å². The van der Waals surface area contributed by atoms with Gasteiger partial charge in [-0.15, -0.1) is 0 Å². The van der Waals surface area contributed by atoms with E-state index in [1.165, 1.54) is 19.4 Å². The van der Waals surface area contributed by atoms with Gasteiger partial charge < -0.3 is 34.6 Å². The Morgan fingerprint density at radius 3 is 2.21 bits per heavy atom. The predicted molar refractivity (Wildman–Crippen MR) is 205 cm³/mol. The number of ether oxygens (including phenoxy) is 3. The van der Waals surface area contributed by atoms with Crippen LogP contribution in [-0.4, -0.2) is 103 Å². The molecule has 4 aromatic rings. The smallest absolute Gasteiger partial charge is 0.262 e.